The normalized spacial score (nSPS) is 18.4. The van der Waals surface area contributed by atoms with E-state index in [1.807, 2.05) is 0 Å². The van der Waals surface area contributed by atoms with E-state index in [4.69, 9.17) is 22.1 Å². The van der Waals surface area contributed by atoms with Crippen molar-refractivity contribution < 1.29 is 17.9 Å². The van der Waals surface area contributed by atoms with E-state index < -0.39 is 21.7 Å². The summed E-state index contributed by atoms with van der Waals surface area (Å²) in [4.78, 5) is 12.5. The van der Waals surface area contributed by atoms with Gasteiger partial charge in [0.05, 0.1) is 23.0 Å². The smallest absolute Gasteiger partial charge is 0.338 e. The van der Waals surface area contributed by atoms with Gasteiger partial charge in [0.2, 0.25) is 0 Å². The molecule has 0 radical (unpaired) electrons. The zero-order chi connectivity index (χ0) is 18.1. The van der Waals surface area contributed by atoms with Crippen LogP contribution in [0.2, 0.25) is 5.02 Å². The van der Waals surface area contributed by atoms with Crippen molar-refractivity contribution in [2.75, 3.05) is 12.9 Å². The number of rotatable bonds is 4. The Bertz CT molecular complexity index is 843. The molecular weight excluding hydrogens is 352 g/mol. The Kier molecular flexibility index (Phi) is 5.25. The fourth-order valence-electron chi connectivity index (χ4n) is 2.77. The van der Waals surface area contributed by atoms with Crippen LogP contribution in [0.3, 0.4) is 0 Å². The zero-order valence-electron chi connectivity index (χ0n) is 13.6. The maximum atomic E-state index is 12.4. The Morgan fingerprint density at radius 1 is 1.38 bits per heavy atom. The minimum absolute atomic E-state index is 0.0379. The van der Waals surface area contributed by atoms with Crippen molar-refractivity contribution in [2.45, 2.75) is 19.8 Å². The van der Waals surface area contributed by atoms with E-state index in [1.165, 1.54) is 0 Å². The van der Waals surface area contributed by atoms with Gasteiger partial charge in [0.1, 0.15) is 5.82 Å². The topological polar surface area (TPSA) is 98.5 Å². The van der Waals surface area contributed by atoms with Gasteiger partial charge in [-0.1, -0.05) is 29.8 Å². The lowest BCUT2D eigenvalue weighted by atomic mass is 9.87. The van der Waals surface area contributed by atoms with Crippen molar-refractivity contribution >= 4 is 27.4 Å². The van der Waals surface area contributed by atoms with E-state index in [2.05, 4.69) is 5.32 Å². The molecule has 1 aromatic rings. The van der Waals surface area contributed by atoms with Gasteiger partial charge < -0.3 is 15.8 Å². The second-order valence-corrected chi connectivity index (χ2v) is 7.78. The Hall–Kier alpha value is -1.99. The SMILES string of the molecule is CCOC(=O)C1=C(N)NC(C)=C(S(C)(=O)=O)C1c1ccccc1Cl. The molecule has 130 valence electrons. The van der Waals surface area contributed by atoms with Crippen LogP contribution in [0.25, 0.3) is 0 Å². The van der Waals surface area contributed by atoms with Gasteiger partial charge in [-0.25, -0.2) is 13.2 Å². The fraction of sp³-hybridized carbons (Fsp3) is 0.312. The van der Waals surface area contributed by atoms with Crippen molar-refractivity contribution in [2.24, 2.45) is 5.73 Å². The maximum Gasteiger partial charge on any atom is 0.338 e. The third-order valence-electron chi connectivity index (χ3n) is 3.64. The van der Waals surface area contributed by atoms with Gasteiger partial charge in [0.15, 0.2) is 9.84 Å². The average molecular weight is 371 g/mol. The molecule has 1 aromatic carbocycles. The number of esters is 1. The molecule has 0 spiro atoms. The quantitative estimate of drug-likeness (QED) is 0.787. The number of sulfone groups is 1. The van der Waals surface area contributed by atoms with E-state index in [1.54, 1.807) is 38.1 Å². The first-order valence-electron chi connectivity index (χ1n) is 7.27. The summed E-state index contributed by atoms with van der Waals surface area (Å²) < 4.78 is 29.8. The van der Waals surface area contributed by atoms with Gasteiger partial charge in [-0.3, -0.25) is 0 Å². The van der Waals surface area contributed by atoms with Crippen LogP contribution in [0.5, 0.6) is 0 Å². The third-order valence-corrected chi connectivity index (χ3v) is 5.33. The number of hydrogen-bond donors (Lipinski definition) is 2. The van der Waals surface area contributed by atoms with Crippen molar-refractivity contribution in [1.82, 2.24) is 5.32 Å². The Balaban J connectivity index is 2.77. The monoisotopic (exact) mass is 370 g/mol. The van der Waals surface area contributed by atoms with Gasteiger partial charge in [-0.2, -0.15) is 0 Å². The number of dihydropyridines is 1. The molecule has 1 aliphatic rings. The molecule has 24 heavy (non-hydrogen) atoms. The molecule has 0 aliphatic carbocycles. The third kappa shape index (κ3) is 3.42. The van der Waals surface area contributed by atoms with Crippen molar-refractivity contribution in [3.8, 4) is 0 Å². The number of nitrogens with one attached hydrogen (secondary N) is 1. The summed E-state index contributed by atoms with van der Waals surface area (Å²) in [5.41, 5.74) is 6.85. The molecule has 0 amide bonds. The minimum Gasteiger partial charge on any atom is -0.463 e. The molecule has 2 rings (SSSR count). The summed E-state index contributed by atoms with van der Waals surface area (Å²) in [6.07, 6.45) is 1.08. The Morgan fingerprint density at radius 2 is 2.00 bits per heavy atom. The molecule has 1 atom stereocenters. The maximum absolute atomic E-state index is 12.4. The molecular formula is C16H19ClN2O4S. The number of carbonyl (C=O) groups excluding carboxylic acids is 1. The highest BCUT2D eigenvalue weighted by Gasteiger charge is 2.39. The zero-order valence-corrected chi connectivity index (χ0v) is 15.2. The lowest BCUT2D eigenvalue weighted by Crippen LogP contribution is -2.35. The van der Waals surface area contributed by atoms with E-state index in [0.29, 0.717) is 16.3 Å². The largest absolute Gasteiger partial charge is 0.463 e. The highest BCUT2D eigenvalue weighted by molar-refractivity contribution is 7.94. The summed E-state index contributed by atoms with van der Waals surface area (Å²) in [5.74, 6) is -1.54. The number of carbonyl (C=O) groups is 1. The summed E-state index contributed by atoms with van der Waals surface area (Å²) >= 11 is 6.26. The van der Waals surface area contributed by atoms with Gasteiger partial charge in [0.25, 0.3) is 0 Å². The van der Waals surface area contributed by atoms with E-state index in [0.717, 1.165) is 6.26 Å². The summed E-state index contributed by atoms with van der Waals surface area (Å²) in [6, 6.07) is 6.74. The van der Waals surface area contributed by atoms with Crippen LogP contribution in [0.4, 0.5) is 0 Å². The first-order valence-corrected chi connectivity index (χ1v) is 9.54. The number of nitrogens with two attached hydrogens (primary N) is 1. The van der Waals surface area contributed by atoms with Crippen molar-refractivity contribution in [3.05, 3.63) is 56.8 Å². The number of hydrogen-bond acceptors (Lipinski definition) is 6. The molecule has 0 fully saturated rings. The van der Waals surface area contributed by atoms with Gasteiger partial charge in [-0.05, 0) is 25.5 Å². The van der Waals surface area contributed by atoms with Crippen LogP contribution in [0.15, 0.2) is 46.3 Å². The summed E-state index contributed by atoms with van der Waals surface area (Å²) in [6.45, 7) is 3.39. The number of ether oxygens (including phenoxy) is 1. The predicted molar refractivity (Wildman–Crippen MR) is 92.7 cm³/mol. The first-order chi connectivity index (χ1) is 11.2. The highest BCUT2D eigenvalue weighted by Crippen LogP contribution is 2.42. The van der Waals surface area contributed by atoms with E-state index >= 15 is 0 Å². The van der Waals surface area contributed by atoms with Crippen LogP contribution >= 0.6 is 11.6 Å². The molecule has 1 heterocycles. The van der Waals surface area contributed by atoms with Gasteiger partial charge in [-0.15, -0.1) is 0 Å². The van der Waals surface area contributed by atoms with Crippen LogP contribution < -0.4 is 11.1 Å². The van der Waals surface area contributed by atoms with E-state index in [-0.39, 0.29) is 22.9 Å². The molecule has 1 aliphatic heterocycles. The lowest BCUT2D eigenvalue weighted by molar-refractivity contribution is -0.138. The standard InChI is InChI=1S/C16H19ClN2O4S/c1-4-23-16(20)13-12(10-7-5-6-8-11(10)17)14(24(3,21)22)9(2)19-15(13)18/h5-8,12,19H,4,18H2,1-3H3. The second-order valence-electron chi connectivity index (χ2n) is 5.39. The fourth-order valence-corrected chi connectivity index (χ4v) is 4.29. The van der Waals surface area contributed by atoms with E-state index in [9.17, 15) is 13.2 Å². The highest BCUT2D eigenvalue weighted by atomic mass is 35.5. The minimum atomic E-state index is -3.63. The Morgan fingerprint density at radius 3 is 2.54 bits per heavy atom. The predicted octanol–water partition coefficient (Wildman–Crippen LogP) is 2.04. The summed E-state index contributed by atoms with van der Waals surface area (Å²) in [5, 5.41) is 3.10. The van der Waals surface area contributed by atoms with Crippen LogP contribution in [0, 0.1) is 0 Å². The summed E-state index contributed by atoms with van der Waals surface area (Å²) in [7, 11) is -3.63. The molecule has 0 bridgehead atoms. The Labute approximate surface area is 146 Å². The van der Waals surface area contributed by atoms with Crippen molar-refractivity contribution in [3.63, 3.8) is 0 Å². The van der Waals surface area contributed by atoms with Crippen LogP contribution in [0.1, 0.15) is 25.3 Å². The van der Waals surface area contributed by atoms with Gasteiger partial charge in [0, 0.05) is 17.0 Å². The molecule has 0 aromatic heterocycles. The lowest BCUT2D eigenvalue weighted by Gasteiger charge is -2.30. The molecule has 6 nitrogen and oxygen atoms in total. The average Bonchev–Trinajstić information content (AvgIpc) is 2.45. The molecule has 0 saturated carbocycles. The number of allylic oxidation sites excluding steroid dienone is 2. The molecule has 0 saturated heterocycles. The molecule has 1 unspecified atom stereocenters. The number of benzene rings is 1. The van der Waals surface area contributed by atoms with Crippen LogP contribution in [-0.2, 0) is 19.4 Å². The molecule has 3 N–H and O–H groups in total. The second kappa shape index (κ2) is 6.86. The molecule has 8 heteroatoms. The number of halogens is 1. The first kappa shape index (κ1) is 18.4. The van der Waals surface area contributed by atoms with Crippen LogP contribution in [-0.4, -0.2) is 27.2 Å². The van der Waals surface area contributed by atoms with Gasteiger partial charge >= 0.3 is 5.97 Å². The van der Waals surface area contributed by atoms with Crippen molar-refractivity contribution in [1.29, 1.82) is 0 Å².